The number of hydrogen-bond acceptors (Lipinski definition) is 8. The van der Waals surface area contributed by atoms with Gasteiger partial charge >= 0.3 is 0 Å². The number of aromatic nitrogens is 2. The summed E-state index contributed by atoms with van der Waals surface area (Å²) in [6.07, 6.45) is 2.35. The van der Waals surface area contributed by atoms with E-state index in [9.17, 15) is 9.59 Å². The van der Waals surface area contributed by atoms with Crippen molar-refractivity contribution < 1.29 is 14.3 Å². The van der Waals surface area contributed by atoms with Crippen molar-refractivity contribution in [3.05, 3.63) is 30.0 Å². The molecule has 0 aliphatic carbocycles. The molecule has 1 unspecified atom stereocenters. The van der Waals surface area contributed by atoms with Crippen LogP contribution in [0.25, 0.3) is 0 Å². The molecule has 1 N–H and O–H groups in total. The highest BCUT2D eigenvalue weighted by molar-refractivity contribution is 6.04. The molecule has 0 bridgehead atoms. The molecule has 1 aromatic carbocycles. The Balaban J connectivity index is 1.60. The van der Waals surface area contributed by atoms with E-state index < -0.39 is 0 Å². The Labute approximate surface area is 206 Å². The molecule has 10 nitrogen and oxygen atoms in total. The van der Waals surface area contributed by atoms with E-state index in [-0.39, 0.29) is 23.9 Å². The van der Waals surface area contributed by atoms with Gasteiger partial charge in [-0.05, 0) is 45.5 Å². The second kappa shape index (κ2) is 10.1. The van der Waals surface area contributed by atoms with Gasteiger partial charge in [0.15, 0.2) is 5.82 Å². The van der Waals surface area contributed by atoms with Crippen LogP contribution in [-0.4, -0.2) is 91.0 Å². The van der Waals surface area contributed by atoms with Crippen molar-refractivity contribution in [2.75, 3.05) is 62.5 Å². The fourth-order valence-electron chi connectivity index (χ4n) is 4.68. The first-order valence-electron chi connectivity index (χ1n) is 12.1. The number of amides is 2. The maximum Gasteiger partial charge on any atom is 0.254 e. The summed E-state index contributed by atoms with van der Waals surface area (Å²) in [7, 11) is 5.40. The van der Waals surface area contributed by atoms with Crippen LogP contribution in [0.5, 0.6) is 5.75 Å². The van der Waals surface area contributed by atoms with Crippen LogP contribution >= 0.6 is 0 Å². The zero-order valence-electron chi connectivity index (χ0n) is 21.4. The smallest absolute Gasteiger partial charge is 0.254 e. The molecule has 2 aromatic rings. The molecule has 1 atom stereocenters. The largest absolute Gasteiger partial charge is 0.495 e. The van der Waals surface area contributed by atoms with Crippen molar-refractivity contribution in [1.29, 1.82) is 0 Å². The Morgan fingerprint density at radius 2 is 1.91 bits per heavy atom. The van der Waals surface area contributed by atoms with Gasteiger partial charge < -0.3 is 29.7 Å². The van der Waals surface area contributed by atoms with Crippen molar-refractivity contribution in [3.8, 4) is 5.75 Å². The third-order valence-electron chi connectivity index (χ3n) is 6.74. The predicted molar refractivity (Wildman–Crippen MR) is 137 cm³/mol. The van der Waals surface area contributed by atoms with Crippen LogP contribution in [-0.2, 0) is 4.79 Å². The number of fused-ring (bicyclic) bond motifs is 1. The summed E-state index contributed by atoms with van der Waals surface area (Å²) in [4.78, 5) is 42.9. The number of carbonyl (C=O) groups excluding carboxylic acids is 2. The third-order valence-corrected chi connectivity index (χ3v) is 6.74. The van der Waals surface area contributed by atoms with E-state index >= 15 is 0 Å². The summed E-state index contributed by atoms with van der Waals surface area (Å²) < 4.78 is 5.59. The van der Waals surface area contributed by atoms with Gasteiger partial charge in [-0.15, -0.1) is 0 Å². The number of hydrogen-bond donors (Lipinski definition) is 1. The summed E-state index contributed by atoms with van der Waals surface area (Å²) in [6.45, 7) is 9.27. The van der Waals surface area contributed by atoms with Gasteiger partial charge in [-0.1, -0.05) is 6.92 Å². The topological polar surface area (TPSA) is 94.1 Å². The van der Waals surface area contributed by atoms with Crippen LogP contribution in [0.1, 0.15) is 37.6 Å². The summed E-state index contributed by atoms with van der Waals surface area (Å²) in [5.74, 6) is 1.68. The molecule has 0 radical (unpaired) electrons. The molecular weight excluding hydrogens is 446 g/mol. The number of ether oxygens (including phenoxy) is 1. The van der Waals surface area contributed by atoms with Gasteiger partial charge in [0, 0.05) is 44.8 Å². The predicted octanol–water partition coefficient (Wildman–Crippen LogP) is 2.59. The third kappa shape index (κ3) is 4.75. The Morgan fingerprint density at radius 3 is 2.54 bits per heavy atom. The van der Waals surface area contributed by atoms with Crippen molar-refractivity contribution in [2.24, 2.45) is 0 Å². The molecule has 188 valence electrons. The molecule has 35 heavy (non-hydrogen) atoms. The van der Waals surface area contributed by atoms with E-state index in [0.717, 1.165) is 13.1 Å². The van der Waals surface area contributed by atoms with E-state index in [1.54, 1.807) is 37.4 Å². The quantitative estimate of drug-likeness (QED) is 0.673. The van der Waals surface area contributed by atoms with Crippen LogP contribution in [0.15, 0.2) is 24.4 Å². The second-order valence-corrected chi connectivity index (χ2v) is 9.36. The minimum Gasteiger partial charge on any atom is -0.495 e. The average molecular weight is 482 g/mol. The van der Waals surface area contributed by atoms with Crippen molar-refractivity contribution in [3.63, 3.8) is 0 Å². The number of benzene rings is 1. The zero-order valence-corrected chi connectivity index (χ0v) is 21.4. The molecule has 0 spiro atoms. The number of methoxy groups -OCH3 is 1. The molecule has 2 aliphatic heterocycles. The van der Waals surface area contributed by atoms with Crippen molar-refractivity contribution in [2.45, 2.75) is 39.3 Å². The van der Waals surface area contributed by atoms with Gasteiger partial charge in [-0.2, -0.15) is 4.98 Å². The molecule has 2 amide bonds. The minimum atomic E-state index is -0.273. The Hall–Kier alpha value is -3.40. The normalized spacial score (nSPS) is 18.7. The molecule has 1 aromatic heterocycles. The van der Waals surface area contributed by atoms with Crippen molar-refractivity contribution >= 4 is 35.0 Å². The Bertz CT molecular complexity index is 1100. The van der Waals surface area contributed by atoms with Gasteiger partial charge in [0.05, 0.1) is 19.0 Å². The lowest BCUT2D eigenvalue weighted by Gasteiger charge is -2.42. The lowest BCUT2D eigenvalue weighted by Crippen LogP contribution is -2.54. The maximum absolute atomic E-state index is 13.0. The van der Waals surface area contributed by atoms with Crippen LogP contribution in [0, 0.1) is 0 Å². The molecule has 3 heterocycles. The van der Waals surface area contributed by atoms with E-state index in [1.807, 2.05) is 17.9 Å². The Kier molecular flexibility index (Phi) is 7.11. The molecule has 1 fully saturated rings. The standard InChI is InChI=1S/C25H35N7O3/c1-7-19-24(34)30(5)20-15-26-25(28-22(20)32(19)16(2)3)27-18-9-8-17(14-21(18)35-6)23(33)31-12-10-29(4)11-13-31/h8-9,14-16,19H,7,10-13H2,1-6H3,(H,26,27,28). The molecule has 10 heteroatoms. The minimum absolute atomic E-state index is 0.00105. The first-order chi connectivity index (χ1) is 16.7. The lowest BCUT2D eigenvalue weighted by atomic mass is 10.1. The first-order valence-corrected chi connectivity index (χ1v) is 12.1. The number of nitrogens with zero attached hydrogens (tertiary/aromatic N) is 6. The monoisotopic (exact) mass is 481 g/mol. The number of anilines is 4. The van der Waals surface area contributed by atoms with Crippen LogP contribution in [0.4, 0.5) is 23.1 Å². The van der Waals surface area contributed by atoms with E-state index in [0.29, 0.717) is 54.0 Å². The van der Waals surface area contributed by atoms with E-state index in [2.05, 4.69) is 41.0 Å². The first kappa shape index (κ1) is 24.7. The number of carbonyl (C=O) groups is 2. The molecule has 4 rings (SSSR count). The highest BCUT2D eigenvalue weighted by Crippen LogP contribution is 2.37. The van der Waals surface area contributed by atoms with Crippen LogP contribution in [0.3, 0.4) is 0 Å². The summed E-state index contributed by atoms with van der Waals surface area (Å²) in [5, 5.41) is 3.23. The van der Waals surface area contributed by atoms with Gasteiger partial charge in [0.1, 0.15) is 17.5 Å². The highest BCUT2D eigenvalue weighted by atomic mass is 16.5. The molecular formula is C25H35N7O3. The lowest BCUT2D eigenvalue weighted by molar-refractivity contribution is -0.120. The number of piperazine rings is 1. The van der Waals surface area contributed by atoms with Gasteiger partial charge in [0.25, 0.3) is 5.91 Å². The maximum atomic E-state index is 13.0. The number of likely N-dealkylation sites (N-methyl/N-ethyl adjacent to an activating group) is 2. The average Bonchev–Trinajstić information content (AvgIpc) is 2.86. The number of nitrogens with one attached hydrogen (secondary N) is 1. The fraction of sp³-hybridized carbons (Fsp3) is 0.520. The molecule has 1 saturated heterocycles. The molecule has 2 aliphatic rings. The van der Waals surface area contributed by atoms with Gasteiger partial charge in [0.2, 0.25) is 11.9 Å². The number of rotatable bonds is 6. The zero-order chi connectivity index (χ0) is 25.3. The van der Waals surface area contributed by atoms with Crippen LogP contribution in [0.2, 0.25) is 0 Å². The molecule has 0 saturated carbocycles. The van der Waals surface area contributed by atoms with Crippen LogP contribution < -0.4 is 19.9 Å². The second-order valence-electron chi connectivity index (χ2n) is 9.36. The van der Waals surface area contributed by atoms with Crippen molar-refractivity contribution in [1.82, 2.24) is 19.8 Å². The Morgan fingerprint density at radius 1 is 1.20 bits per heavy atom. The van der Waals surface area contributed by atoms with E-state index in [4.69, 9.17) is 9.72 Å². The highest BCUT2D eigenvalue weighted by Gasteiger charge is 2.38. The summed E-state index contributed by atoms with van der Waals surface area (Å²) in [5.41, 5.74) is 1.92. The SMILES string of the molecule is CCC1C(=O)N(C)c2cnc(Nc3ccc(C(=O)N4CCN(C)CC4)cc3OC)nc2N1C(C)C. The van der Waals surface area contributed by atoms with Gasteiger partial charge in [-0.25, -0.2) is 4.98 Å². The summed E-state index contributed by atoms with van der Waals surface area (Å²) >= 11 is 0. The van der Waals surface area contributed by atoms with E-state index in [1.165, 1.54) is 0 Å². The summed E-state index contributed by atoms with van der Waals surface area (Å²) in [6, 6.07) is 5.18. The van der Waals surface area contributed by atoms with Gasteiger partial charge in [-0.3, -0.25) is 9.59 Å². The fourth-order valence-corrected chi connectivity index (χ4v) is 4.68.